The van der Waals surface area contributed by atoms with Gasteiger partial charge >= 0.3 is 0 Å². The van der Waals surface area contributed by atoms with E-state index in [4.69, 9.17) is 16.6 Å². The van der Waals surface area contributed by atoms with Crippen LogP contribution in [0, 0.1) is 6.92 Å². The summed E-state index contributed by atoms with van der Waals surface area (Å²) < 4.78 is 0. The predicted molar refractivity (Wildman–Crippen MR) is 125 cm³/mol. The summed E-state index contributed by atoms with van der Waals surface area (Å²) in [5, 5.41) is 0.486. The second-order valence-electron chi connectivity index (χ2n) is 7.94. The molecule has 1 saturated heterocycles. The molecule has 1 fully saturated rings. The maximum absolute atomic E-state index is 6.78. The number of imidazole rings is 1. The molecule has 0 bridgehead atoms. The maximum Gasteiger partial charge on any atom is 0.163 e. The van der Waals surface area contributed by atoms with Gasteiger partial charge in [0.2, 0.25) is 0 Å². The number of nitrogens with one attached hydrogen (secondary N) is 1. The highest BCUT2D eigenvalue weighted by atomic mass is 35.5. The number of aromatic nitrogens is 4. The number of H-pyrrole nitrogens is 1. The molecule has 0 atom stereocenters. The lowest BCUT2D eigenvalue weighted by Crippen LogP contribution is -2.34. The zero-order valence-electron chi connectivity index (χ0n) is 17.4. The number of aromatic amines is 1. The molecule has 0 aliphatic carbocycles. The molecule has 3 heterocycles. The molecule has 5 rings (SSSR count). The fraction of sp³-hybridized carbons (Fsp3) is 0.240. The van der Waals surface area contributed by atoms with E-state index >= 15 is 0 Å². The van der Waals surface area contributed by atoms with Crippen molar-refractivity contribution in [1.29, 1.82) is 0 Å². The predicted octanol–water partition coefficient (Wildman–Crippen LogP) is 5.88. The van der Waals surface area contributed by atoms with Gasteiger partial charge in [0.05, 0.1) is 17.6 Å². The van der Waals surface area contributed by atoms with Crippen molar-refractivity contribution in [3.63, 3.8) is 0 Å². The number of aryl methyl sites for hydroxylation is 1. The van der Waals surface area contributed by atoms with Crippen molar-refractivity contribution in [1.82, 2.24) is 19.9 Å². The molecule has 1 N–H and O–H groups in total. The van der Waals surface area contributed by atoms with E-state index in [1.807, 2.05) is 48.5 Å². The molecule has 0 spiro atoms. The fourth-order valence-corrected chi connectivity index (χ4v) is 4.64. The summed E-state index contributed by atoms with van der Waals surface area (Å²) >= 11 is 6.78. The van der Waals surface area contributed by atoms with Gasteiger partial charge in [0.15, 0.2) is 5.82 Å². The van der Waals surface area contributed by atoms with Crippen LogP contribution in [0.2, 0.25) is 5.15 Å². The normalized spacial score (nSPS) is 14.7. The van der Waals surface area contributed by atoms with E-state index in [0.717, 1.165) is 48.4 Å². The van der Waals surface area contributed by atoms with Gasteiger partial charge in [0, 0.05) is 30.3 Å². The molecule has 1 aliphatic heterocycles. The van der Waals surface area contributed by atoms with Gasteiger partial charge in [-0.1, -0.05) is 72.3 Å². The van der Waals surface area contributed by atoms with Crippen molar-refractivity contribution < 1.29 is 0 Å². The van der Waals surface area contributed by atoms with Crippen LogP contribution in [0.25, 0.3) is 22.5 Å². The Balaban J connectivity index is 1.53. The standard InChI is InChI=1S/C25H24ClN5/c1-17-22(28-16-27-17)19-12-14-31(15-13-19)25-21(18-8-4-2-5-9-18)23(26)29-24(30-25)20-10-6-3-7-11-20/h2-11,16,19H,12-15H2,1H3,(H,27,28). The Bertz CT molecular complexity index is 1170. The van der Waals surface area contributed by atoms with Gasteiger partial charge < -0.3 is 9.88 Å². The van der Waals surface area contributed by atoms with E-state index < -0.39 is 0 Å². The second kappa shape index (κ2) is 8.52. The number of hydrogen-bond acceptors (Lipinski definition) is 4. The number of halogens is 1. The summed E-state index contributed by atoms with van der Waals surface area (Å²) in [6.07, 6.45) is 3.85. The van der Waals surface area contributed by atoms with Crippen LogP contribution < -0.4 is 4.90 Å². The van der Waals surface area contributed by atoms with Gasteiger partial charge in [-0.2, -0.15) is 0 Å². The van der Waals surface area contributed by atoms with Crippen molar-refractivity contribution in [2.45, 2.75) is 25.7 Å². The SMILES string of the molecule is Cc1[nH]cnc1C1CCN(c2nc(-c3ccccc3)nc(Cl)c2-c2ccccc2)CC1. The first-order chi connectivity index (χ1) is 15.2. The summed E-state index contributed by atoms with van der Waals surface area (Å²) in [4.78, 5) is 19.8. The minimum Gasteiger partial charge on any atom is -0.356 e. The number of anilines is 1. The van der Waals surface area contributed by atoms with Crippen molar-refractivity contribution in [3.8, 4) is 22.5 Å². The van der Waals surface area contributed by atoms with E-state index in [1.54, 1.807) is 6.33 Å². The molecule has 31 heavy (non-hydrogen) atoms. The molecule has 4 aromatic rings. The number of piperidine rings is 1. The van der Waals surface area contributed by atoms with Crippen LogP contribution in [0.15, 0.2) is 67.0 Å². The molecule has 0 radical (unpaired) electrons. The highest BCUT2D eigenvalue weighted by Gasteiger charge is 2.27. The van der Waals surface area contributed by atoms with Crippen LogP contribution in [0.1, 0.15) is 30.1 Å². The van der Waals surface area contributed by atoms with Crippen LogP contribution in [0.5, 0.6) is 0 Å². The first-order valence-electron chi connectivity index (χ1n) is 10.6. The van der Waals surface area contributed by atoms with Gasteiger partial charge in [-0.15, -0.1) is 0 Å². The lowest BCUT2D eigenvalue weighted by molar-refractivity contribution is 0.493. The Labute approximate surface area is 187 Å². The van der Waals surface area contributed by atoms with Gasteiger partial charge in [0.1, 0.15) is 11.0 Å². The molecular weight excluding hydrogens is 406 g/mol. The van der Waals surface area contributed by atoms with Crippen LogP contribution in [-0.4, -0.2) is 33.0 Å². The van der Waals surface area contributed by atoms with E-state index in [2.05, 4.69) is 38.9 Å². The molecule has 156 valence electrons. The lowest BCUT2D eigenvalue weighted by atomic mass is 9.92. The number of benzene rings is 2. The van der Waals surface area contributed by atoms with Crippen molar-refractivity contribution in [2.24, 2.45) is 0 Å². The summed E-state index contributed by atoms with van der Waals surface area (Å²) in [7, 11) is 0. The van der Waals surface area contributed by atoms with Gasteiger partial charge in [-0.3, -0.25) is 0 Å². The number of rotatable bonds is 4. The molecular formula is C25H24ClN5. The first-order valence-corrected chi connectivity index (χ1v) is 11.0. The van der Waals surface area contributed by atoms with E-state index in [1.165, 1.54) is 11.4 Å². The third-order valence-electron chi connectivity index (χ3n) is 5.99. The van der Waals surface area contributed by atoms with Gasteiger partial charge in [-0.05, 0) is 25.3 Å². The van der Waals surface area contributed by atoms with Crippen LogP contribution >= 0.6 is 11.6 Å². The summed E-state index contributed by atoms with van der Waals surface area (Å²) in [6, 6.07) is 20.2. The van der Waals surface area contributed by atoms with Crippen LogP contribution in [0.4, 0.5) is 5.82 Å². The molecule has 2 aromatic carbocycles. The van der Waals surface area contributed by atoms with Gasteiger partial charge in [0.25, 0.3) is 0 Å². The first kappa shape index (κ1) is 19.8. The Morgan fingerprint density at radius 3 is 2.16 bits per heavy atom. The molecule has 0 amide bonds. The third kappa shape index (κ3) is 3.93. The fourth-order valence-electron chi connectivity index (χ4n) is 4.37. The Hall–Kier alpha value is -3.18. The second-order valence-corrected chi connectivity index (χ2v) is 8.30. The highest BCUT2D eigenvalue weighted by molar-refractivity contribution is 6.32. The lowest BCUT2D eigenvalue weighted by Gasteiger charge is -2.34. The molecule has 0 saturated carbocycles. The minimum absolute atomic E-state index is 0.466. The van der Waals surface area contributed by atoms with Crippen molar-refractivity contribution in [3.05, 3.63) is 83.5 Å². The highest BCUT2D eigenvalue weighted by Crippen LogP contribution is 2.39. The smallest absolute Gasteiger partial charge is 0.163 e. The average Bonchev–Trinajstić information content (AvgIpc) is 3.25. The van der Waals surface area contributed by atoms with Crippen molar-refractivity contribution in [2.75, 3.05) is 18.0 Å². The quantitative estimate of drug-likeness (QED) is 0.411. The zero-order chi connectivity index (χ0) is 21.2. The Morgan fingerprint density at radius 1 is 0.903 bits per heavy atom. The van der Waals surface area contributed by atoms with Crippen LogP contribution in [-0.2, 0) is 0 Å². The van der Waals surface area contributed by atoms with Crippen molar-refractivity contribution >= 4 is 17.4 Å². The average molecular weight is 430 g/mol. The largest absolute Gasteiger partial charge is 0.356 e. The maximum atomic E-state index is 6.78. The molecule has 5 nitrogen and oxygen atoms in total. The van der Waals surface area contributed by atoms with E-state index in [-0.39, 0.29) is 0 Å². The molecule has 2 aromatic heterocycles. The molecule has 0 unspecified atom stereocenters. The topological polar surface area (TPSA) is 57.7 Å². The number of nitrogens with zero attached hydrogens (tertiary/aromatic N) is 4. The van der Waals surface area contributed by atoms with E-state index in [9.17, 15) is 0 Å². The zero-order valence-corrected chi connectivity index (χ0v) is 18.2. The summed E-state index contributed by atoms with van der Waals surface area (Å²) in [5.41, 5.74) is 5.25. The van der Waals surface area contributed by atoms with Crippen LogP contribution in [0.3, 0.4) is 0 Å². The monoisotopic (exact) mass is 429 g/mol. The molecule has 6 heteroatoms. The summed E-state index contributed by atoms with van der Waals surface area (Å²) in [5.74, 6) is 2.03. The Morgan fingerprint density at radius 2 is 1.55 bits per heavy atom. The summed E-state index contributed by atoms with van der Waals surface area (Å²) in [6.45, 7) is 3.90. The minimum atomic E-state index is 0.466. The van der Waals surface area contributed by atoms with E-state index in [0.29, 0.717) is 16.9 Å². The third-order valence-corrected chi connectivity index (χ3v) is 6.26. The molecule has 1 aliphatic rings. The van der Waals surface area contributed by atoms with Gasteiger partial charge in [-0.25, -0.2) is 15.0 Å². The number of hydrogen-bond donors (Lipinski definition) is 1. The Kier molecular flexibility index (Phi) is 5.43.